The molecule has 7 atom stereocenters. The molecular formula is C46H77N7O7S. The fourth-order valence-corrected chi connectivity index (χ4v) is 14.4. The molecule has 2 spiro atoms. The quantitative estimate of drug-likeness (QED) is 0.184. The third kappa shape index (κ3) is 8.27. The van der Waals surface area contributed by atoms with Crippen molar-refractivity contribution in [2.45, 2.75) is 194 Å². The van der Waals surface area contributed by atoms with Crippen LogP contribution in [0.3, 0.4) is 0 Å². The molecule has 0 aromatic heterocycles. The first kappa shape index (κ1) is 46.2. The highest BCUT2D eigenvalue weighted by molar-refractivity contribution is 7.87. The molecule has 0 aromatic carbocycles. The molecular weight excluding hydrogens is 795 g/mol. The number of fused-ring (bicyclic) bond motifs is 1. The number of carbonyl (C=O) groups is 5. The van der Waals surface area contributed by atoms with Gasteiger partial charge in [0.05, 0.1) is 6.04 Å². The lowest BCUT2D eigenvalue weighted by atomic mass is 9.73. The minimum Gasteiger partial charge on any atom is -0.343 e. The Morgan fingerprint density at radius 1 is 0.721 bits per heavy atom. The molecule has 4 aliphatic carbocycles. The Bertz CT molecular complexity index is 1800. The molecule has 3 aliphatic heterocycles. The molecule has 3 heterocycles. The number of carbonyl (C=O) groups excluding carboxylic acids is 5. The van der Waals surface area contributed by atoms with Crippen LogP contribution in [-0.4, -0.2) is 114 Å². The van der Waals surface area contributed by atoms with Crippen molar-refractivity contribution in [3.05, 3.63) is 0 Å². The summed E-state index contributed by atoms with van der Waals surface area (Å²) in [7, 11) is -4.09. The van der Waals surface area contributed by atoms with Crippen molar-refractivity contribution in [3.63, 3.8) is 0 Å². The molecule has 0 radical (unpaired) electrons. The highest BCUT2D eigenvalue weighted by Gasteiger charge is 2.85. The van der Waals surface area contributed by atoms with Crippen LogP contribution in [0.2, 0.25) is 0 Å². The van der Waals surface area contributed by atoms with Crippen molar-refractivity contribution in [2.24, 2.45) is 39.9 Å². The number of likely N-dealkylation sites (tertiary alicyclic amines) is 2. The summed E-state index contributed by atoms with van der Waals surface area (Å²) in [6, 6.07) is -2.77. The minimum atomic E-state index is -4.09. The molecule has 5 amide bonds. The smallest absolute Gasteiger partial charge is 0.303 e. The summed E-state index contributed by atoms with van der Waals surface area (Å²) in [6.07, 6.45) is 13.4. The van der Waals surface area contributed by atoms with E-state index in [1.165, 1.54) is 4.31 Å². The van der Waals surface area contributed by atoms with Gasteiger partial charge in [-0.05, 0) is 126 Å². The van der Waals surface area contributed by atoms with Gasteiger partial charge in [-0.1, -0.05) is 73.6 Å². The average molecular weight is 872 g/mol. The number of piperidine rings is 1. The van der Waals surface area contributed by atoms with Crippen molar-refractivity contribution >= 4 is 39.7 Å². The van der Waals surface area contributed by atoms with Crippen LogP contribution >= 0.6 is 0 Å². The number of hydrogen-bond donors (Lipinski definition) is 4. The van der Waals surface area contributed by atoms with Gasteiger partial charge in [-0.25, -0.2) is 4.72 Å². The van der Waals surface area contributed by atoms with Gasteiger partial charge in [0.25, 0.3) is 5.91 Å². The second kappa shape index (κ2) is 17.3. The molecule has 344 valence electrons. The third-order valence-electron chi connectivity index (χ3n) is 17.1. The molecule has 3 saturated heterocycles. The second-order valence-corrected chi connectivity index (χ2v) is 23.5. The van der Waals surface area contributed by atoms with Gasteiger partial charge in [0.2, 0.25) is 23.6 Å². The first-order chi connectivity index (χ1) is 28.7. The first-order valence-corrected chi connectivity index (χ1v) is 25.5. The predicted molar refractivity (Wildman–Crippen MR) is 234 cm³/mol. The van der Waals surface area contributed by atoms with Crippen LogP contribution in [0.5, 0.6) is 0 Å². The third-order valence-corrected chi connectivity index (χ3v) is 18.6. The molecule has 14 nitrogen and oxygen atoms in total. The molecule has 4 saturated carbocycles. The molecule has 0 bridgehead atoms. The summed E-state index contributed by atoms with van der Waals surface area (Å²) in [6.45, 7) is 18.5. The Morgan fingerprint density at radius 3 is 1.93 bits per heavy atom. The summed E-state index contributed by atoms with van der Waals surface area (Å²) in [5.41, 5.74) is -1.84. The van der Waals surface area contributed by atoms with Gasteiger partial charge >= 0.3 is 10.2 Å². The summed E-state index contributed by atoms with van der Waals surface area (Å²) in [4.78, 5) is 76.8. The molecule has 0 unspecified atom stereocenters. The minimum absolute atomic E-state index is 0.00209. The van der Waals surface area contributed by atoms with Crippen molar-refractivity contribution in [1.82, 2.24) is 34.8 Å². The van der Waals surface area contributed by atoms with Crippen molar-refractivity contribution < 1.29 is 32.4 Å². The predicted octanol–water partition coefficient (Wildman–Crippen LogP) is 4.63. The summed E-state index contributed by atoms with van der Waals surface area (Å²) >= 11 is 0. The maximum Gasteiger partial charge on any atom is 0.303 e. The van der Waals surface area contributed by atoms with Crippen LogP contribution < -0.4 is 20.7 Å². The number of nitrogens with zero attached hydrogens (tertiary/aromatic N) is 3. The number of nitrogens with one attached hydrogen (secondary N) is 4. The monoisotopic (exact) mass is 872 g/mol. The van der Waals surface area contributed by atoms with E-state index in [0.29, 0.717) is 38.9 Å². The number of amides is 5. The van der Waals surface area contributed by atoms with E-state index in [0.717, 1.165) is 90.0 Å². The second-order valence-electron chi connectivity index (χ2n) is 21.8. The van der Waals surface area contributed by atoms with Gasteiger partial charge in [0, 0.05) is 31.1 Å². The van der Waals surface area contributed by atoms with Crippen LogP contribution in [-0.2, 0) is 34.2 Å². The van der Waals surface area contributed by atoms with Crippen LogP contribution in [0.4, 0.5) is 0 Å². The van der Waals surface area contributed by atoms with Crippen LogP contribution in [0.15, 0.2) is 0 Å². The van der Waals surface area contributed by atoms with Crippen LogP contribution in [0.25, 0.3) is 0 Å². The molecule has 15 heteroatoms. The van der Waals surface area contributed by atoms with E-state index < -0.39 is 45.7 Å². The lowest BCUT2D eigenvalue weighted by Crippen LogP contribution is -2.62. The Kier molecular flexibility index (Phi) is 13.1. The fraction of sp³-hybridized carbons (Fsp3) is 0.891. The number of hydrogen-bond acceptors (Lipinski definition) is 8. The van der Waals surface area contributed by atoms with Crippen LogP contribution in [0.1, 0.15) is 158 Å². The van der Waals surface area contributed by atoms with E-state index in [1.54, 1.807) is 4.90 Å². The van der Waals surface area contributed by atoms with Crippen molar-refractivity contribution in [1.29, 1.82) is 0 Å². The summed E-state index contributed by atoms with van der Waals surface area (Å²) in [5.74, 6) is -2.43. The zero-order chi connectivity index (χ0) is 44.3. The maximum absolute atomic E-state index is 15.2. The normalized spacial score (nSPS) is 32.2. The average Bonchev–Trinajstić information content (AvgIpc) is 3.64. The van der Waals surface area contributed by atoms with E-state index >= 15 is 4.79 Å². The van der Waals surface area contributed by atoms with Gasteiger partial charge in [-0.3, -0.25) is 28.9 Å². The standard InChI is InChI=1S/C46H77N7O7S/c1-29(2)25-33-26-46(33,42(58)50-61(59,60)51-22-14-15-23-51)49-39(55)35-27-45(43(7,8)44(45)20-16-21-44)28-53(35)41(57)36(30(3)4)47-40(56)37(32-17-10-9-11-18-32)48-38(54)34-19-12-13-24-52(34)31(5)6/h29-37H,9-28H2,1-8H3,(H,47,56)(H,48,54)(H,49,55)(H,50,58)/t33-,34+,35+,36+,37+,45-,46-/m1/s1. The molecule has 7 rings (SSSR count). The highest BCUT2D eigenvalue weighted by Crippen LogP contribution is 2.88. The van der Waals surface area contributed by atoms with E-state index in [9.17, 15) is 27.6 Å². The lowest BCUT2D eigenvalue weighted by molar-refractivity contribution is -0.144. The lowest BCUT2D eigenvalue weighted by Gasteiger charge is -2.39. The molecule has 61 heavy (non-hydrogen) atoms. The fourth-order valence-electron chi connectivity index (χ4n) is 13.1. The molecule has 7 aliphatic rings. The van der Waals surface area contributed by atoms with Crippen LogP contribution in [0, 0.1) is 39.9 Å². The van der Waals surface area contributed by atoms with Gasteiger partial charge < -0.3 is 20.9 Å². The SMILES string of the molecule is CC(C)C[C@@H]1C[C@]1(NC(=O)[C@@H]1C[C@@]2(CN1C(=O)[C@@H](NC(=O)[C@@H](NC(=O)[C@@H]1CCCCN1C(C)C)C1CCCCC1)C(C)C)C(C)(C)C21CCC1)C(=O)NS(=O)(=O)N1CCCC1. The van der Waals surface area contributed by atoms with E-state index in [1.807, 2.05) is 27.7 Å². The number of rotatable bonds is 15. The summed E-state index contributed by atoms with van der Waals surface area (Å²) < 4.78 is 30.3. The summed E-state index contributed by atoms with van der Waals surface area (Å²) in [5, 5.41) is 9.44. The Balaban J connectivity index is 1.14. The Morgan fingerprint density at radius 2 is 1.36 bits per heavy atom. The van der Waals surface area contributed by atoms with Gasteiger partial charge in [0.1, 0.15) is 23.7 Å². The van der Waals surface area contributed by atoms with Gasteiger partial charge in [-0.15, -0.1) is 0 Å². The van der Waals surface area contributed by atoms with E-state index in [2.05, 4.69) is 53.3 Å². The highest BCUT2D eigenvalue weighted by atomic mass is 32.2. The largest absolute Gasteiger partial charge is 0.343 e. The first-order valence-electron chi connectivity index (χ1n) is 24.0. The molecule has 4 N–H and O–H groups in total. The van der Waals surface area contributed by atoms with Crippen molar-refractivity contribution in [2.75, 3.05) is 26.2 Å². The van der Waals surface area contributed by atoms with Gasteiger partial charge in [0.15, 0.2) is 0 Å². The zero-order valence-corrected chi connectivity index (χ0v) is 39.3. The molecule has 0 aromatic rings. The van der Waals surface area contributed by atoms with E-state index in [-0.39, 0.29) is 69.7 Å². The topological polar surface area (TPSA) is 177 Å². The van der Waals surface area contributed by atoms with Crippen molar-refractivity contribution in [3.8, 4) is 0 Å². The Hall–Kier alpha value is -2.78. The van der Waals surface area contributed by atoms with Gasteiger partial charge in [-0.2, -0.15) is 12.7 Å². The maximum atomic E-state index is 15.2. The zero-order valence-electron chi connectivity index (χ0n) is 38.4. The Labute approximate surface area is 365 Å². The van der Waals surface area contributed by atoms with E-state index in [4.69, 9.17) is 0 Å². The molecule has 7 fully saturated rings.